The third kappa shape index (κ3) is 3.46. The summed E-state index contributed by atoms with van der Waals surface area (Å²) in [7, 11) is 0. The maximum atomic E-state index is 14.4. The summed E-state index contributed by atoms with van der Waals surface area (Å²) in [6.45, 7) is 5.77. The van der Waals surface area contributed by atoms with Gasteiger partial charge in [-0.2, -0.15) is 5.26 Å². The molecule has 1 aromatic carbocycles. The highest BCUT2D eigenvalue weighted by Gasteiger charge is 2.19. The summed E-state index contributed by atoms with van der Waals surface area (Å²) in [5.41, 5.74) is 1.29. The first-order valence-corrected chi connectivity index (χ1v) is 9.16. The molecule has 0 bridgehead atoms. The van der Waals surface area contributed by atoms with Crippen molar-refractivity contribution in [3.63, 3.8) is 0 Å². The van der Waals surface area contributed by atoms with Crippen molar-refractivity contribution in [2.75, 3.05) is 6.54 Å². The lowest BCUT2D eigenvalue weighted by Crippen LogP contribution is -2.28. The Morgan fingerprint density at radius 2 is 2.11 bits per heavy atom. The van der Waals surface area contributed by atoms with Crippen LogP contribution in [0.3, 0.4) is 0 Å². The minimum absolute atomic E-state index is 0.0340. The minimum Gasteiger partial charge on any atom is -0.351 e. The molecule has 138 valence electrons. The van der Waals surface area contributed by atoms with Crippen molar-refractivity contribution in [3.05, 3.63) is 67.3 Å². The summed E-state index contributed by atoms with van der Waals surface area (Å²) in [5.74, 6) is -0.934. The van der Waals surface area contributed by atoms with Gasteiger partial charge in [0, 0.05) is 23.9 Å². The van der Waals surface area contributed by atoms with Gasteiger partial charge in [0.05, 0.1) is 11.3 Å². The van der Waals surface area contributed by atoms with Crippen molar-refractivity contribution in [2.24, 2.45) is 0 Å². The van der Waals surface area contributed by atoms with Crippen molar-refractivity contribution in [3.8, 4) is 6.07 Å². The van der Waals surface area contributed by atoms with Crippen molar-refractivity contribution in [1.82, 2.24) is 14.7 Å². The molecule has 27 heavy (non-hydrogen) atoms. The van der Waals surface area contributed by atoms with E-state index in [-0.39, 0.29) is 23.6 Å². The highest BCUT2D eigenvalue weighted by molar-refractivity contribution is 7.17. The molecule has 3 rings (SSSR count). The van der Waals surface area contributed by atoms with E-state index in [0.29, 0.717) is 27.6 Å². The molecule has 0 aliphatic heterocycles. The summed E-state index contributed by atoms with van der Waals surface area (Å²) >= 11 is 1.23. The molecule has 6 nitrogen and oxygen atoms in total. The number of fused-ring (bicyclic) bond motifs is 1. The minimum atomic E-state index is -0.601. The molecule has 0 fully saturated rings. The molecule has 0 saturated carbocycles. The Hall–Kier alpha value is -3.05. The maximum absolute atomic E-state index is 14.4. The average Bonchev–Trinajstić information content (AvgIpc) is 2.94. The first-order chi connectivity index (χ1) is 12.8. The molecule has 2 heterocycles. The zero-order valence-electron chi connectivity index (χ0n) is 15.1. The Balaban J connectivity index is 2.09. The molecule has 0 saturated heterocycles. The number of carbonyl (C=O) groups excluding carboxylic acids is 1. The fraction of sp³-hybridized carbons (Fsp3) is 0.263. The number of nitriles is 1. The molecule has 0 aliphatic carbocycles. The number of thiazole rings is 1. The van der Waals surface area contributed by atoms with Gasteiger partial charge in [-0.3, -0.25) is 9.59 Å². The van der Waals surface area contributed by atoms with Crippen molar-refractivity contribution in [2.45, 2.75) is 27.2 Å². The van der Waals surface area contributed by atoms with Crippen LogP contribution in [0.2, 0.25) is 0 Å². The monoisotopic (exact) mass is 384 g/mol. The van der Waals surface area contributed by atoms with Crippen LogP contribution in [0.5, 0.6) is 0 Å². The average molecular weight is 384 g/mol. The summed E-state index contributed by atoms with van der Waals surface area (Å²) in [4.78, 5) is 30.4. The van der Waals surface area contributed by atoms with Gasteiger partial charge in [-0.25, -0.2) is 13.8 Å². The second kappa shape index (κ2) is 7.29. The fourth-order valence-electron chi connectivity index (χ4n) is 2.97. The summed E-state index contributed by atoms with van der Waals surface area (Å²) in [6, 6.07) is 6.25. The molecule has 0 spiro atoms. The Morgan fingerprint density at radius 1 is 1.37 bits per heavy atom. The van der Waals surface area contributed by atoms with Crippen LogP contribution < -0.4 is 10.9 Å². The Labute approximate surface area is 158 Å². The number of hydrogen-bond donors (Lipinski definition) is 1. The first-order valence-electron chi connectivity index (χ1n) is 8.35. The van der Waals surface area contributed by atoms with Gasteiger partial charge in [-0.1, -0.05) is 6.07 Å². The van der Waals surface area contributed by atoms with E-state index in [1.165, 1.54) is 27.9 Å². The van der Waals surface area contributed by atoms with Gasteiger partial charge in [0.25, 0.3) is 11.5 Å². The maximum Gasteiger partial charge on any atom is 0.269 e. The number of hydrogen-bond acceptors (Lipinski definition) is 5. The predicted octanol–water partition coefficient (Wildman–Crippen LogP) is 2.72. The van der Waals surface area contributed by atoms with Gasteiger partial charge >= 0.3 is 0 Å². The molecule has 1 N–H and O–H groups in total. The predicted molar refractivity (Wildman–Crippen MR) is 101 cm³/mol. The topological polar surface area (TPSA) is 87.3 Å². The highest BCUT2D eigenvalue weighted by Crippen LogP contribution is 2.22. The van der Waals surface area contributed by atoms with Gasteiger partial charge in [0.2, 0.25) is 0 Å². The number of halogens is 1. The van der Waals surface area contributed by atoms with Crippen molar-refractivity contribution in [1.29, 1.82) is 5.26 Å². The fourth-order valence-corrected chi connectivity index (χ4v) is 3.96. The van der Waals surface area contributed by atoms with Gasteiger partial charge in [-0.15, -0.1) is 11.3 Å². The molecule has 0 atom stereocenters. The van der Waals surface area contributed by atoms with Crippen LogP contribution >= 0.6 is 11.3 Å². The van der Waals surface area contributed by atoms with E-state index in [2.05, 4.69) is 10.3 Å². The molecular formula is C19H17FN4O2S. The molecule has 1 amide bonds. The Kier molecular flexibility index (Phi) is 5.06. The Morgan fingerprint density at radius 3 is 2.78 bits per heavy atom. The van der Waals surface area contributed by atoms with Gasteiger partial charge < -0.3 is 5.32 Å². The largest absolute Gasteiger partial charge is 0.351 e. The summed E-state index contributed by atoms with van der Waals surface area (Å²) in [6.07, 6.45) is 0.0847. The SMILES string of the molecule is CCNC(=O)c1c(C)sc2nc(Cc3cc(C)cc(C#N)c3F)cc(=O)n12. The van der Waals surface area contributed by atoms with E-state index in [4.69, 9.17) is 5.26 Å². The van der Waals surface area contributed by atoms with E-state index in [1.54, 1.807) is 26.8 Å². The normalized spacial score (nSPS) is 10.8. The number of aryl methyl sites for hydroxylation is 2. The van der Waals surface area contributed by atoms with Crippen LogP contribution in [0, 0.1) is 31.0 Å². The molecule has 0 radical (unpaired) electrons. The van der Waals surface area contributed by atoms with Crippen LogP contribution in [0.25, 0.3) is 4.96 Å². The summed E-state index contributed by atoms with van der Waals surface area (Å²) < 4.78 is 15.7. The molecule has 8 heteroatoms. The van der Waals surface area contributed by atoms with Gasteiger partial charge in [0.15, 0.2) is 4.96 Å². The molecule has 0 unspecified atom stereocenters. The van der Waals surface area contributed by atoms with E-state index >= 15 is 0 Å². The van der Waals surface area contributed by atoms with E-state index in [0.717, 1.165) is 5.56 Å². The molecule has 3 aromatic rings. The number of nitrogens with one attached hydrogen (secondary N) is 1. The van der Waals surface area contributed by atoms with Gasteiger partial charge in [0.1, 0.15) is 17.6 Å². The second-order valence-electron chi connectivity index (χ2n) is 6.14. The number of nitrogens with zero attached hydrogens (tertiary/aromatic N) is 3. The number of carbonyl (C=O) groups is 1. The number of amides is 1. The van der Waals surface area contributed by atoms with Gasteiger partial charge in [-0.05, 0) is 38.0 Å². The third-order valence-corrected chi connectivity index (χ3v) is 5.04. The lowest BCUT2D eigenvalue weighted by atomic mass is 10.0. The van der Waals surface area contributed by atoms with Crippen LogP contribution in [0.1, 0.15) is 44.7 Å². The lowest BCUT2D eigenvalue weighted by Gasteiger charge is -2.07. The highest BCUT2D eigenvalue weighted by atomic mass is 32.1. The van der Waals surface area contributed by atoms with Crippen LogP contribution in [0.15, 0.2) is 23.0 Å². The van der Waals surface area contributed by atoms with E-state index in [9.17, 15) is 14.0 Å². The van der Waals surface area contributed by atoms with Crippen molar-refractivity contribution >= 4 is 22.2 Å². The number of rotatable bonds is 4. The molecular weight excluding hydrogens is 367 g/mol. The molecule has 0 aliphatic rings. The zero-order chi connectivity index (χ0) is 19.7. The van der Waals surface area contributed by atoms with E-state index in [1.807, 2.05) is 6.07 Å². The lowest BCUT2D eigenvalue weighted by molar-refractivity contribution is 0.0949. The standard InChI is InChI=1S/C19H17FN4O2S/c1-4-22-18(26)17-11(3)27-19-23-14(8-15(25)24(17)19)7-12-5-10(2)6-13(9-21)16(12)20/h5-6,8H,4,7H2,1-3H3,(H,22,26). The van der Waals surface area contributed by atoms with Crippen molar-refractivity contribution < 1.29 is 9.18 Å². The van der Waals surface area contributed by atoms with Crippen LogP contribution in [0.4, 0.5) is 4.39 Å². The quantitative estimate of drug-likeness (QED) is 0.749. The summed E-state index contributed by atoms with van der Waals surface area (Å²) in [5, 5.41) is 11.7. The molecule has 2 aromatic heterocycles. The smallest absolute Gasteiger partial charge is 0.269 e. The number of aromatic nitrogens is 2. The van der Waals surface area contributed by atoms with Crippen LogP contribution in [-0.4, -0.2) is 21.8 Å². The first kappa shape index (κ1) is 18.7. The number of benzene rings is 1. The Bertz CT molecular complexity index is 1160. The third-order valence-electron chi connectivity index (χ3n) is 4.08. The van der Waals surface area contributed by atoms with E-state index < -0.39 is 11.4 Å². The second-order valence-corrected chi connectivity index (χ2v) is 7.33. The van der Waals surface area contributed by atoms with Crippen LogP contribution in [-0.2, 0) is 6.42 Å². The zero-order valence-corrected chi connectivity index (χ0v) is 15.9.